The summed E-state index contributed by atoms with van der Waals surface area (Å²) in [6.07, 6.45) is -0.112. The van der Waals surface area contributed by atoms with E-state index in [2.05, 4.69) is 10.4 Å². The number of aromatic nitrogens is 2. The molecule has 0 amide bonds. The number of hydrogen-bond donors (Lipinski definition) is 1. The van der Waals surface area contributed by atoms with Gasteiger partial charge in [0.15, 0.2) is 0 Å². The lowest BCUT2D eigenvalue weighted by Crippen LogP contribution is -2.48. The van der Waals surface area contributed by atoms with Crippen LogP contribution in [0.15, 0.2) is 18.5 Å². The minimum atomic E-state index is -4.16. The third-order valence-corrected chi connectivity index (χ3v) is 2.67. The Morgan fingerprint density at radius 2 is 2.20 bits per heavy atom. The number of nitrogens with one attached hydrogen (secondary N) is 1. The SMILES string of the molecule is FC(F)(F)[C@H]1C[C@H](n2cccn2)CCN1. The second kappa shape index (κ2) is 3.84. The summed E-state index contributed by atoms with van der Waals surface area (Å²) in [5, 5.41) is 6.46. The first kappa shape index (κ1) is 10.5. The van der Waals surface area contributed by atoms with E-state index in [1.54, 1.807) is 23.1 Å². The fraction of sp³-hybridized carbons (Fsp3) is 0.667. The lowest BCUT2D eigenvalue weighted by molar-refractivity contribution is -0.163. The molecule has 6 heteroatoms. The van der Waals surface area contributed by atoms with Crippen LogP contribution in [-0.2, 0) is 0 Å². The van der Waals surface area contributed by atoms with Gasteiger partial charge in [0.05, 0.1) is 6.04 Å². The van der Waals surface area contributed by atoms with Gasteiger partial charge in [-0.3, -0.25) is 4.68 Å². The van der Waals surface area contributed by atoms with E-state index in [4.69, 9.17) is 0 Å². The molecule has 0 radical (unpaired) electrons. The van der Waals surface area contributed by atoms with Crippen LogP contribution < -0.4 is 5.32 Å². The van der Waals surface area contributed by atoms with Crippen LogP contribution in [0.1, 0.15) is 18.9 Å². The molecule has 0 spiro atoms. The highest BCUT2D eigenvalue weighted by molar-refractivity contribution is 4.89. The molecule has 15 heavy (non-hydrogen) atoms. The number of nitrogens with zero attached hydrogens (tertiary/aromatic N) is 2. The summed E-state index contributed by atoms with van der Waals surface area (Å²) in [6.45, 7) is 0.384. The van der Waals surface area contributed by atoms with Gasteiger partial charge >= 0.3 is 6.18 Å². The number of rotatable bonds is 1. The maximum absolute atomic E-state index is 12.5. The Labute approximate surface area is 85.3 Å². The Hall–Kier alpha value is -1.04. The number of hydrogen-bond acceptors (Lipinski definition) is 2. The number of piperidine rings is 1. The molecule has 2 heterocycles. The van der Waals surface area contributed by atoms with E-state index >= 15 is 0 Å². The van der Waals surface area contributed by atoms with Gasteiger partial charge in [-0.15, -0.1) is 0 Å². The highest BCUT2D eigenvalue weighted by Crippen LogP contribution is 2.30. The Morgan fingerprint density at radius 1 is 1.40 bits per heavy atom. The molecule has 1 saturated heterocycles. The molecule has 0 aromatic carbocycles. The Morgan fingerprint density at radius 3 is 2.80 bits per heavy atom. The Bertz CT molecular complexity index is 307. The van der Waals surface area contributed by atoms with Crippen LogP contribution in [0, 0.1) is 0 Å². The van der Waals surface area contributed by atoms with E-state index in [1.165, 1.54) is 0 Å². The summed E-state index contributed by atoms with van der Waals surface area (Å²) in [4.78, 5) is 0. The van der Waals surface area contributed by atoms with E-state index in [1.807, 2.05) is 0 Å². The lowest BCUT2D eigenvalue weighted by atomic mass is 9.99. The van der Waals surface area contributed by atoms with Crippen molar-refractivity contribution in [2.24, 2.45) is 0 Å². The molecule has 0 unspecified atom stereocenters. The van der Waals surface area contributed by atoms with Gasteiger partial charge in [-0.1, -0.05) is 0 Å². The zero-order valence-corrected chi connectivity index (χ0v) is 8.04. The molecular weight excluding hydrogens is 207 g/mol. The number of alkyl halides is 3. The highest BCUT2D eigenvalue weighted by Gasteiger charge is 2.42. The van der Waals surface area contributed by atoms with Crippen molar-refractivity contribution in [3.05, 3.63) is 18.5 Å². The molecule has 1 aliphatic heterocycles. The van der Waals surface area contributed by atoms with Gasteiger partial charge in [0, 0.05) is 12.4 Å². The molecule has 2 rings (SSSR count). The zero-order valence-electron chi connectivity index (χ0n) is 8.04. The van der Waals surface area contributed by atoms with Crippen LogP contribution in [0.5, 0.6) is 0 Å². The molecular formula is C9H12F3N3. The smallest absolute Gasteiger partial charge is 0.306 e. The maximum atomic E-state index is 12.5. The minimum Gasteiger partial charge on any atom is -0.306 e. The Balaban J connectivity index is 2.05. The van der Waals surface area contributed by atoms with E-state index in [-0.39, 0.29) is 12.5 Å². The van der Waals surface area contributed by atoms with Crippen molar-refractivity contribution < 1.29 is 13.2 Å². The second-order valence-corrected chi connectivity index (χ2v) is 3.71. The van der Waals surface area contributed by atoms with Gasteiger partial charge in [0.25, 0.3) is 0 Å². The first-order valence-electron chi connectivity index (χ1n) is 4.86. The van der Waals surface area contributed by atoms with E-state index < -0.39 is 12.2 Å². The predicted octanol–water partition coefficient (Wildman–Crippen LogP) is 1.74. The quantitative estimate of drug-likeness (QED) is 0.779. The monoisotopic (exact) mass is 219 g/mol. The summed E-state index contributed by atoms with van der Waals surface area (Å²) in [5.41, 5.74) is 0. The minimum absolute atomic E-state index is 0.0607. The van der Waals surface area contributed by atoms with Crippen molar-refractivity contribution in [2.75, 3.05) is 6.54 Å². The van der Waals surface area contributed by atoms with Crippen LogP contribution in [0.3, 0.4) is 0 Å². The third kappa shape index (κ3) is 2.31. The summed E-state index contributed by atoms with van der Waals surface area (Å²) in [7, 11) is 0. The molecule has 1 aromatic rings. The van der Waals surface area contributed by atoms with Crippen LogP contribution in [0.25, 0.3) is 0 Å². The van der Waals surface area contributed by atoms with Crippen molar-refractivity contribution in [1.29, 1.82) is 0 Å². The molecule has 0 saturated carbocycles. The molecule has 1 fully saturated rings. The van der Waals surface area contributed by atoms with E-state index in [0.29, 0.717) is 13.0 Å². The van der Waals surface area contributed by atoms with Gasteiger partial charge in [0.2, 0.25) is 0 Å². The summed E-state index contributed by atoms with van der Waals surface area (Å²) in [6, 6.07) is 0.179. The number of halogens is 3. The van der Waals surface area contributed by atoms with Crippen LogP contribution in [0.2, 0.25) is 0 Å². The normalized spacial score (nSPS) is 27.9. The van der Waals surface area contributed by atoms with Crippen molar-refractivity contribution in [2.45, 2.75) is 31.1 Å². The predicted molar refractivity (Wildman–Crippen MR) is 48.3 cm³/mol. The maximum Gasteiger partial charge on any atom is 0.403 e. The fourth-order valence-corrected chi connectivity index (χ4v) is 1.88. The van der Waals surface area contributed by atoms with Crippen LogP contribution >= 0.6 is 0 Å². The molecule has 1 aromatic heterocycles. The molecule has 84 valence electrons. The van der Waals surface area contributed by atoms with Crippen molar-refractivity contribution in [3.63, 3.8) is 0 Å². The Kier molecular flexibility index (Phi) is 2.68. The molecule has 0 aliphatic carbocycles. The summed E-state index contributed by atoms with van der Waals surface area (Å²) in [5.74, 6) is 0. The van der Waals surface area contributed by atoms with Crippen LogP contribution in [0.4, 0.5) is 13.2 Å². The summed E-state index contributed by atoms with van der Waals surface area (Å²) < 4.78 is 39.0. The van der Waals surface area contributed by atoms with Crippen LogP contribution in [-0.4, -0.2) is 28.5 Å². The van der Waals surface area contributed by atoms with Gasteiger partial charge in [-0.2, -0.15) is 18.3 Å². The first-order valence-corrected chi connectivity index (χ1v) is 4.86. The average molecular weight is 219 g/mol. The average Bonchev–Trinajstić information content (AvgIpc) is 2.69. The van der Waals surface area contributed by atoms with Gasteiger partial charge in [-0.25, -0.2) is 0 Å². The van der Waals surface area contributed by atoms with Crippen molar-refractivity contribution in [1.82, 2.24) is 15.1 Å². The third-order valence-electron chi connectivity index (χ3n) is 2.67. The first-order chi connectivity index (χ1) is 7.07. The zero-order chi connectivity index (χ0) is 10.9. The fourth-order valence-electron chi connectivity index (χ4n) is 1.88. The van der Waals surface area contributed by atoms with E-state index in [0.717, 1.165) is 0 Å². The molecule has 0 bridgehead atoms. The highest BCUT2D eigenvalue weighted by atomic mass is 19.4. The molecule has 1 aliphatic rings. The largest absolute Gasteiger partial charge is 0.403 e. The van der Waals surface area contributed by atoms with Crippen molar-refractivity contribution in [3.8, 4) is 0 Å². The summed E-state index contributed by atoms with van der Waals surface area (Å²) >= 11 is 0. The van der Waals surface area contributed by atoms with Gasteiger partial charge in [-0.05, 0) is 25.5 Å². The van der Waals surface area contributed by atoms with Crippen molar-refractivity contribution >= 4 is 0 Å². The second-order valence-electron chi connectivity index (χ2n) is 3.71. The molecule has 2 atom stereocenters. The van der Waals surface area contributed by atoms with Gasteiger partial charge < -0.3 is 5.32 Å². The molecule has 1 N–H and O–H groups in total. The standard InChI is InChI=1S/C9H12F3N3/c10-9(11,12)8-6-7(2-4-13-8)15-5-1-3-14-15/h1,3,5,7-8,13H,2,4,6H2/t7-,8-/m1/s1. The lowest BCUT2D eigenvalue weighted by Gasteiger charge is -2.31. The van der Waals surface area contributed by atoms with E-state index in [9.17, 15) is 13.2 Å². The molecule has 3 nitrogen and oxygen atoms in total. The van der Waals surface area contributed by atoms with Gasteiger partial charge in [0.1, 0.15) is 6.04 Å². The topological polar surface area (TPSA) is 29.9 Å².